The number of aryl methyl sites for hydroxylation is 2. The minimum absolute atomic E-state index is 0.349. The lowest BCUT2D eigenvalue weighted by Gasteiger charge is -2.12. The summed E-state index contributed by atoms with van der Waals surface area (Å²) in [6, 6.07) is 13.7. The lowest BCUT2D eigenvalue weighted by molar-refractivity contribution is 0.478. The molecule has 2 N–H and O–H groups in total. The SMILES string of the molecule is Cc1ccc(Oc2ccccc2C)c(C(N)=S)c1. The van der Waals surface area contributed by atoms with E-state index in [0.29, 0.717) is 10.7 Å². The van der Waals surface area contributed by atoms with Crippen molar-refractivity contribution in [3.63, 3.8) is 0 Å². The standard InChI is InChI=1S/C15H15NOS/c1-10-7-8-14(12(9-10)15(16)18)17-13-6-4-3-5-11(13)2/h3-9H,1-2H3,(H2,16,18). The van der Waals surface area contributed by atoms with Crippen LogP contribution >= 0.6 is 12.2 Å². The highest BCUT2D eigenvalue weighted by atomic mass is 32.1. The second-order valence-electron chi connectivity index (χ2n) is 4.23. The molecular weight excluding hydrogens is 242 g/mol. The molecule has 0 aromatic heterocycles. The van der Waals surface area contributed by atoms with Gasteiger partial charge in [0, 0.05) is 0 Å². The second kappa shape index (κ2) is 5.19. The van der Waals surface area contributed by atoms with Gasteiger partial charge in [0.1, 0.15) is 16.5 Å². The maximum absolute atomic E-state index is 5.89. The summed E-state index contributed by atoms with van der Waals surface area (Å²) in [5.41, 5.74) is 8.68. The van der Waals surface area contributed by atoms with Crippen LogP contribution in [0.4, 0.5) is 0 Å². The first-order valence-corrected chi connectivity index (χ1v) is 6.12. The third-order valence-corrected chi connectivity index (χ3v) is 2.93. The molecule has 0 unspecified atom stereocenters. The lowest BCUT2D eigenvalue weighted by atomic mass is 10.1. The first-order chi connectivity index (χ1) is 8.58. The Balaban J connectivity index is 2.41. The van der Waals surface area contributed by atoms with Gasteiger partial charge in [0.25, 0.3) is 0 Å². The molecule has 3 heteroatoms. The molecule has 0 saturated carbocycles. The molecule has 0 bridgehead atoms. The molecule has 0 aliphatic carbocycles. The van der Waals surface area contributed by atoms with Crippen LogP contribution in [0.3, 0.4) is 0 Å². The zero-order valence-electron chi connectivity index (χ0n) is 10.4. The van der Waals surface area contributed by atoms with Crippen LogP contribution in [0.15, 0.2) is 42.5 Å². The third kappa shape index (κ3) is 2.68. The molecule has 18 heavy (non-hydrogen) atoms. The summed E-state index contributed by atoms with van der Waals surface area (Å²) in [7, 11) is 0. The number of benzene rings is 2. The van der Waals surface area contributed by atoms with E-state index in [9.17, 15) is 0 Å². The maximum Gasteiger partial charge on any atom is 0.137 e. The number of thiocarbonyl (C=S) groups is 1. The predicted molar refractivity (Wildman–Crippen MR) is 78.3 cm³/mol. The van der Waals surface area contributed by atoms with Crippen LogP contribution in [0, 0.1) is 13.8 Å². The van der Waals surface area contributed by atoms with E-state index in [1.807, 2.05) is 56.3 Å². The average Bonchev–Trinajstić information content (AvgIpc) is 2.34. The van der Waals surface area contributed by atoms with Crippen LogP contribution in [0.1, 0.15) is 16.7 Å². The van der Waals surface area contributed by atoms with E-state index in [1.54, 1.807) is 0 Å². The van der Waals surface area contributed by atoms with Gasteiger partial charge in [-0.15, -0.1) is 0 Å². The fraction of sp³-hybridized carbons (Fsp3) is 0.133. The molecule has 0 atom stereocenters. The smallest absolute Gasteiger partial charge is 0.137 e. The summed E-state index contributed by atoms with van der Waals surface area (Å²) in [4.78, 5) is 0.349. The molecule has 0 spiro atoms. The Kier molecular flexibility index (Phi) is 3.63. The van der Waals surface area contributed by atoms with E-state index < -0.39 is 0 Å². The Labute approximate surface area is 112 Å². The van der Waals surface area contributed by atoms with Gasteiger partial charge in [0.05, 0.1) is 5.56 Å². The van der Waals surface area contributed by atoms with Gasteiger partial charge in [-0.05, 0) is 37.6 Å². The van der Waals surface area contributed by atoms with Crippen molar-refractivity contribution in [1.29, 1.82) is 0 Å². The maximum atomic E-state index is 5.89. The Morgan fingerprint density at radius 2 is 1.78 bits per heavy atom. The quantitative estimate of drug-likeness (QED) is 0.851. The molecule has 2 nitrogen and oxygen atoms in total. The van der Waals surface area contributed by atoms with Crippen molar-refractivity contribution in [3.05, 3.63) is 59.2 Å². The van der Waals surface area contributed by atoms with Crippen molar-refractivity contribution < 1.29 is 4.74 Å². The fourth-order valence-electron chi connectivity index (χ4n) is 1.71. The molecule has 0 amide bonds. The number of nitrogens with two attached hydrogens (primary N) is 1. The van der Waals surface area contributed by atoms with E-state index >= 15 is 0 Å². The van der Waals surface area contributed by atoms with Gasteiger partial charge in [-0.25, -0.2) is 0 Å². The number of hydrogen-bond acceptors (Lipinski definition) is 2. The monoisotopic (exact) mass is 257 g/mol. The molecule has 0 aliphatic heterocycles. The van der Waals surface area contributed by atoms with E-state index in [4.69, 9.17) is 22.7 Å². The van der Waals surface area contributed by atoms with Crippen molar-refractivity contribution in [3.8, 4) is 11.5 Å². The van der Waals surface area contributed by atoms with E-state index in [0.717, 1.165) is 22.4 Å². The van der Waals surface area contributed by atoms with E-state index in [1.165, 1.54) is 0 Å². The molecule has 0 saturated heterocycles. The Morgan fingerprint density at radius 1 is 1.06 bits per heavy atom. The van der Waals surface area contributed by atoms with Crippen LogP contribution in [-0.4, -0.2) is 4.99 Å². The van der Waals surface area contributed by atoms with Crippen molar-refractivity contribution >= 4 is 17.2 Å². The minimum atomic E-state index is 0.349. The van der Waals surface area contributed by atoms with Crippen LogP contribution in [0.2, 0.25) is 0 Å². The van der Waals surface area contributed by atoms with E-state index in [2.05, 4.69) is 0 Å². The van der Waals surface area contributed by atoms with Crippen molar-refractivity contribution in [1.82, 2.24) is 0 Å². The molecule has 2 aromatic carbocycles. The molecule has 0 fully saturated rings. The number of ether oxygens (including phenoxy) is 1. The summed E-state index contributed by atoms with van der Waals surface area (Å²) < 4.78 is 5.89. The van der Waals surface area contributed by atoms with Crippen LogP contribution in [-0.2, 0) is 0 Å². The molecule has 0 aliphatic rings. The van der Waals surface area contributed by atoms with Gasteiger partial charge >= 0.3 is 0 Å². The predicted octanol–water partition coefficient (Wildman–Crippen LogP) is 3.73. The van der Waals surface area contributed by atoms with E-state index in [-0.39, 0.29) is 0 Å². The zero-order chi connectivity index (χ0) is 13.1. The summed E-state index contributed by atoms with van der Waals surface area (Å²) in [5.74, 6) is 1.52. The zero-order valence-corrected chi connectivity index (χ0v) is 11.3. The molecule has 92 valence electrons. The molecule has 0 radical (unpaired) electrons. The van der Waals surface area contributed by atoms with Crippen molar-refractivity contribution in [2.75, 3.05) is 0 Å². The van der Waals surface area contributed by atoms with Gasteiger partial charge in [0.2, 0.25) is 0 Å². The van der Waals surface area contributed by atoms with Crippen LogP contribution in [0.5, 0.6) is 11.5 Å². The first-order valence-electron chi connectivity index (χ1n) is 5.72. The minimum Gasteiger partial charge on any atom is -0.456 e. The topological polar surface area (TPSA) is 35.2 Å². The fourth-order valence-corrected chi connectivity index (χ4v) is 1.87. The van der Waals surface area contributed by atoms with Crippen molar-refractivity contribution in [2.45, 2.75) is 13.8 Å². The van der Waals surface area contributed by atoms with Crippen LogP contribution in [0.25, 0.3) is 0 Å². The van der Waals surface area contributed by atoms with Gasteiger partial charge in [-0.2, -0.15) is 0 Å². The average molecular weight is 257 g/mol. The molecule has 2 rings (SSSR count). The summed E-state index contributed by atoms with van der Waals surface area (Å²) in [6.45, 7) is 4.00. The Hall–Kier alpha value is -1.87. The Bertz CT molecular complexity index is 593. The third-order valence-electron chi connectivity index (χ3n) is 2.71. The summed E-state index contributed by atoms with van der Waals surface area (Å²) in [5, 5.41) is 0. The highest BCUT2D eigenvalue weighted by Crippen LogP contribution is 2.28. The largest absolute Gasteiger partial charge is 0.456 e. The summed E-state index contributed by atoms with van der Waals surface area (Å²) >= 11 is 5.06. The number of hydrogen-bond donors (Lipinski definition) is 1. The van der Waals surface area contributed by atoms with Crippen LogP contribution < -0.4 is 10.5 Å². The van der Waals surface area contributed by atoms with Crippen molar-refractivity contribution in [2.24, 2.45) is 5.73 Å². The lowest BCUT2D eigenvalue weighted by Crippen LogP contribution is -2.11. The number of para-hydroxylation sites is 1. The molecular formula is C15H15NOS. The van der Waals surface area contributed by atoms with Gasteiger partial charge < -0.3 is 10.5 Å². The normalized spacial score (nSPS) is 10.1. The van der Waals surface area contributed by atoms with Gasteiger partial charge in [-0.3, -0.25) is 0 Å². The first kappa shape index (κ1) is 12.6. The summed E-state index contributed by atoms with van der Waals surface area (Å²) in [6.07, 6.45) is 0. The number of rotatable bonds is 3. The highest BCUT2D eigenvalue weighted by Gasteiger charge is 2.08. The second-order valence-corrected chi connectivity index (χ2v) is 4.67. The molecule has 2 aromatic rings. The Morgan fingerprint density at radius 3 is 2.44 bits per heavy atom. The molecule has 0 heterocycles. The highest BCUT2D eigenvalue weighted by molar-refractivity contribution is 7.80. The van der Waals surface area contributed by atoms with Gasteiger partial charge in [0.15, 0.2) is 0 Å². The van der Waals surface area contributed by atoms with Gasteiger partial charge in [-0.1, -0.05) is 42.0 Å².